The lowest BCUT2D eigenvalue weighted by molar-refractivity contribution is 0.413. The van der Waals surface area contributed by atoms with Gasteiger partial charge in [0.1, 0.15) is 11.5 Å². The molecular formula is C20H25NO2S. The van der Waals surface area contributed by atoms with Crippen LogP contribution in [0.4, 0.5) is 0 Å². The van der Waals surface area contributed by atoms with Crippen LogP contribution < -0.4 is 9.47 Å². The lowest BCUT2D eigenvalue weighted by Gasteiger charge is -2.21. The highest BCUT2D eigenvalue weighted by Crippen LogP contribution is 2.22. The quantitative estimate of drug-likeness (QED) is 0.346. The van der Waals surface area contributed by atoms with Crippen molar-refractivity contribution in [3.8, 4) is 11.5 Å². The molecule has 4 heteroatoms. The van der Waals surface area contributed by atoms with E-state index in [-0.39, 0.29) is 0 Å². The van der Waals surface area contributed by atoms with E-state index in [1.54, 1.807) is 14.2 Å². The van der Waals surface area contributed by atoms with Crippen LogP contribution in [0.1, 0.15) is 17.5 Å². The highest BCUT2D eigenvalue weighted by atomic mass is 32.2. The number of benzene rings is 2. The minimum Gasteiger partial charge on any atom is -0.497 e. The molecule has 2 aromatic rings. The van der Waals surface area contributed by atoms with Crippen molar-refractivity contribution in [2.24, 2.45) is 0 Å². The maximum atomic E-state index is 5.23. The molecule has 0 spiro atoms. The van der Waals surface area contributed by atoms with Gasteiger partial charge in [0.05, 0.1) is 14.2 Å². The second kappa shape index (κ2) is 10.1. The zero-order valence-corrected chi connectivity index (χ0v) is 15.2. The molecule has 0 aliphatic heterocycles. The summed E-state index contributed by atoms with van der Waals surface area (Å²) in [5.74, 6) is 2.81. The van der Waals surface area contributed by atoms with Crippen molar-refractivity contribution < 1.29 is 9.47 Å². The average molecular weight is 343 g/mol. The third-order valence-electron chi connectivity index (χ3n) is 3.63. The van der Waals surface area contributed by atoms with E-state index in [1.165, 1.54) is 11.1 Å². The van der Waals surface area contributed by atoms with E-state index >= 15 is 0 Å². The molecule has 2 rings (SSSR count). The highest BCUT2D eigenvalue weighted by Gasteiger charge is 2.08. The predicted molar refractivity (Wildman–Crippen MR) is 103 cm³/mol. The van der Waals surface area contributed by atoms with Crippen molar-refractivity contribution in [2.75, 3.05) is 20.0 Å². The topological polar surface area (TPSA) is 21.7 Å². The summed E-state index contributed by atoms with van der Waals surface area (Å²) >= 11 is 1.86. The number of ether oxygens (including phenoxy) is 2. The molecule has 0 aromatic heterocycles. The largest absolute Gasteiger partial charge is 0.497 e. The second-order valence-corrected chi connectivity index (χ2v) is 6.59. The number of nitrogens with zero attached hydrogens (tertiary/aromatic N) is 1. The van der Waals surface area contributed by atoms with E-state index in [1.807, 2.05) is 42.3 Å². The molecule has 2 aromatic carbocycles. The smallest absolute Gasteiger partial charge is 0.118 e. The fourth-order valence-corrected chi connectivity index (χ4v) is 3.29. The van der Waals surface area contributed by atoms with Crippen LogP contribution in [0.25, 0.3) is 0 Å². The van der Waals surface area contributed by atoms with Crippen LogP contribution in [0.5, 0.6) is 11.5 Å². The molecule has 0 N–H and O–H groups in total. The molecule has 0 heterocycles. The first kappa shape index (κ1) is 18.4. The van der Waals surface area contributed by atoms with Gasteiger partial charge in [0, 0.05) is 18.8 Å². The lowest BCUT2D eigenvalue weighted by atomic mass is 10.2. The molecule has 0 unspecified atom stereocenters. The molecule has 0 atom stereocenters. The number of hydrogen-bond donors (Lipinski definition) is 0. The van der Waals surface area contributed by atoms with Gasteiger partial charge in [-0.05, 0) is 41.8 Å². The van der Waals surface area contributed by atoms with Crippen molar-refractivity contribution in [3.63, 3.8) is 0 Å². The van der Waals surface area contributed by atoms with E-state index < -0.39 is 0 Å². The van der Waals surface area contributed by atoms with Crippen molar-refractivity contribution in [1.82, 2.24) is 4.31 Å². The molecule has 3 nitrogen and oxygen atoms in total. The zero-order chi connectivity index (χ0) is 17.2. The third-order valence-corrected chi connectivity index (χ3v) is 4.67. The second-order valence-electron chi connectivity index (χ2n) is 5.40. The Morgan fingerprint density at radius 1 is 0.875 bits per heavy atom. The summed E-state index contributed by atoms with van der Waals surface area (Å²) in [4.78, 5) is 0. The van der Waals surface area contributed by atoms with Crippen LogP contribution in [0.15, 0.2) is 61.2 Å². The van der Waals surface area contributed by atoms with Crippen LogP contribution in [-0.2, 0) is 13.1 Å². The van der Waals surface area contributed by atoms with Gasteiger partial charge >= 0.3 is 0 Å². The standard InChI is InChI=1S/C20H25NO2S/c1-4-5-14-24-21(15-17-6-10-19(22-2)11-7-17)16-18-8-12-20(23-3)13-9-18/h4,6-13H,1,5,14-16H2,2-3H3. The van der Waals surface area contributed by atoms with Gasteiger partial charge in [-0.2, -0.15) is 0 Å². The minimum absolute atomic E-state index is 0.887. The van der Waals surface area contributed by atoms with Crippen molar-refractivity contribution >= 4 is 11.9 Å². The van der Waals surface area contributed by atoms with Gasteiger partial charge in [0.15, 0.2) is 0 Å². The highest BCUT2D eigenvalue weighted by molar-refractivity contribution is 7.96. The molecule has 0 fully saturated rings. The third kappa shape index (κ3) is 5.95. The maximum Gasteiger partial charge on any atom is 0.118 e. The monoisotopic (exact) mass is 343 g/mol. The summed E-state index contributed by atoms with van der Waals surface area (Å²) in [6.45, 7) is 5.58. The van der Waals surface area contributed by atoms with Crippen LogP contribution in [0.3, 0.4) is 0 Å². The van der Waals surface area contributed by atoms with E-state index in [0.29, 0.717) is 0 Å². The van der Waals surface area contributed by atoms with Gasteiger partial charge in [0.25, 0.3) is 0 Å². The summed E-state index contributed by atoms with van der Waals surface area (Å²) in [6.07, 6.45) is 2.97. The van der Waals surface area contributed by atoms with Crippen LogP contribution in [-0.4, -0.2) is 24.3 Å². The molecule has 0 radical (unpaired) electrons. The van der Waals surface area contributed by atoms with Gasteiger partial charge in [0.2, 0.25) is 0 Å². The van der Waals surface area contributed by atoms with Gasteiger partial charge in [-0.25, -0.2) is 4.31 Å². The van der Waals surface area contributed by atoms with Gasteiger partial charge < -0.3 is 9.47 Å². The Morgan fingerprint density at radius 2 is 1.33 bits per heavy atom. The normalized spacial score (nSPS) is 10.6. The first-order valence-electron chi connectivity index (χ1n) is 7.99. The summed E-state index contributed by atoms with van der Waals surface area (Å²) in [6, 6.07) is 16.5. The number of rotatable bonds is 10. The van der Waals surface area contributed by atoms with Gasteiger partial charge in [-0.3, -0.25) is 0 Å². The summed E-state index contributed by atoms with van der Waals surface area (Å²) < 4.78 is 12.8. The first-order chi connectivity index (χ1) is 11.7. The molecule has 0 saturated heterocycles. The number of allylic oxidation sites excluding steroid dienone is 1. The molecule has 0 amide bonds. The van der Waals surface area contributed by atoms with Crippen molar-refractivity contribution in [3.05, 3.63) is 72.3 Å². The van der Waals surface area contributed by atoms with E-state index in [4.69, 9.17) is 9.47 Å². The Kier molecular flexibility index (Phi) is 7.72. The molecule has 0 aliphatic carbocycles. The van der Waals surface area contributed by atoms with E-state index in [0.717, 1.165) is 36.8 Å². The summed E-state index contributed by atoms with van der Waals surface area (Å²) in [5, 5.41) is 0. The Hall–Kier alpha value is -1.91. The first-order valence-corrected chi connectivity index (χ1v) is 8.94. The Labute approximate surface area is 149 Å². The Balaban J connectivity index is 2.02. The Morgan fingerprint density at radius 3 is 1.71 bits per heavy atom. The Bertz CT molecular complexity index is 561. The maximum absolute atomic E-state index is 5.23. The SMILES string of the molecule is C=CCCSN(Cc1ccc(OC)cc1)Cc1ccc(OC)cc1. The van der Waals surface area contributed by atoms with Crippen LogP contribution >= 0.6 is 11.9 Å². The molecule has 0 aliphatic rings. The minimum atomic E-state index is 0.887. The number of hydrogen-bond acceptors (Lipinski definition) is 4. The molecule has 0 saturated carbocycles. The van der Waals surface area contributed by atoms with Crippen molar-refractivity contribution in [2.45, 2.75) is 19.5 Å². The van der Waals surface area contributed by atoms with Gasteiger partial charge in [-0.1, -0.05) is 42.3 Å². The fraction of sp³-hybridized carbons (Fsp3) is 0.300. The van der Waals surface area contributed by atoms with Crippen molar-refractivity contribution in [1.29, 1.82) is 0 Å². The average Bonchev–Trinajstić information content (AvgIpc) is 2.63. The predicted octanol–water partition coefficient (Wildman–Crippen LogP) is 4.93. The van der Waals surface area contributed by atoms with Crippen LogP contribution in [0.2, 0.25) is 0 Å². The van der Waals surface area contributed by atoms with E-state index in [2.05, 4.69) is 35.1 Å². The molecular weight excluding hydrogens is 318 g/mol. The summed E-state index contributed by atoms with van der Waals surface area (Å²) in [7, 11) is 3.38. The molecule has 24 heavy (non-hydrogen) atoms. The van der Waals surface area contributed by atoms with Crippen LogP contribution in [0, 0.1) is 0 Å². The fourth-order valence-electron chi connectivity index (χ4n) is 2.28. The summed E-state index contributed by atoms with van der Waals surface area (Å²) in [5.41, 5.74) is 2.55. The van der Waals surface area contributed by atoms with Gasteiger partial charge in [-0.15, -0.1) is 6.58 Å². The molecule has 128 valence electrons. The number of methoxy groups -OCH3 is 2. The lowest BCUT2D eigenvalue weighted by Crippen LogP contribution is -2.15. The van der Waals surface area contributed by atoms with E-state index in [9.17, 15) is 0 Å². The molecule has 0 bridgehead atoms. The zero-order valence-electron chi connectivity index (χ0n) is 14.4.